The molecule has 0 aliphatic carbocycles. The molecule has 2 heteroatoms. The first-order valence-corrected chi connectivity index (χ1v) is 3.47. The summed E-state index contributed by atoms with van der Waals surface area (Å²) in [7, 11) is 0. The Kier molecular flexibility index (Phi) is 6.49. The Hall–Kier alpha value is 1.22. The quantitative estimate of drug-likeness (QED) is 0.480. The molecule has 1 radical (unpaired) electrons. The molecule has 5 heavy (non-hydrogen) atoms. The van der Waals surface area contributed by atoms with Crippen molar-refractivity contribution in [3.63, 3.8) is 0 Å². The second-order valence-corrected chi connectivity index (χ2v) is 2.10. The van der Waals surface area contributed by atoms with Crippen molar-refractivity contribution in [3.05, 3.63) is 0 Å². The summed E-state index contributed by atoms with van der Waals surface area (Å²) in [5, 5.41) is 0. The molecule has 0 heterocycles. The van der Waals surface area contributed by atoms with E-state index >= 15 is 0 Å². The van der Waals surface area contributed by atoms with E-state index in [9.17, 15) is 0 Å². The molecule has 0 aromatic rings. The monoisotopic (exact) mass is 98.0 g/mol. The molecule has 0 atom stereocenters. The minimum absolute atomic E-state index is 0.875. The maximum absolute atomic E-state index is 5.16. The number of nitrogens with two attached hydrogens (primary N) is 1. The molecule has 0 rings (SSSR count). The van der Waals surface area contributed by atoms with Crippen LogP contribution in [0.2, 0.25) is 2.52 Å². The SMILES string of the molecule is NCC[CH2][Ca]. The van der Waals surface area contributed by atoms with Crippen molar-refractivity contribution in [3.8, 4) is 0 Å². The molecule has 0 saturated heterocycles. The van der Waals surface area contributed by atoms with Crippen molar-refractivity contribution in [1.29, 1.82) is 0 Å². The molecule has 0 unspecified atom stereocenters. The van der Waals surface area contributed by atoms with Gasteiger partial charge in [-0.15, -0.1) is 0 Å². The molecule has 0 aromatic carbocycles. The third-order valence-electron chi connectivity index (χ3n) is 0.454. The summed E-state index contributed by atoms with van der Waals surface area (Å²) in [6, 6.07) is 0. The molecule has 0 aliphatic heterocycles. The first-order chi connectivity index (χ1) is 2.41. The van der Waals surface area contributed by atoms with Gasteiger partial charge in [-0.3, -0.25) is 0 Å². The molecule has 2 N–H and O–H groups in total. The Morgan fingerprint density at radius 3 is 2.20 bits per heavy atom. The second kappa shape index (κ2) is 5.22. The van der Waals surface area contributed by atoms with Crippen LogP contribution in [-0.2, 0) is 0 Å². The van der Waals surface area contributed by atoms with Gasteiger partial charge >= 0.3 is 57.0 Å². The van der Waals surface area contributed by atoms with Crippen LogP contribution >= 0.6 is 0 Å². The first-order valence-electron chi connectivity index (χ1n) is 1.91. The fourth-order valence-electron chi connectivity index (χ4n) is 0.144. The van der Waals surface area contributed by atoms with E-state index in [1.54, 1.807) is 0 Å². The van der Waals surface area contributed by atoms with Gasteiger partial charge in [0.15, 0.2) is 0 Å². The fourth-order valence-corrected chi connectivity index (χ4v) is 0.595. The fraction of sp³-hybridized carbons (Fsp3) is 1.00. The zero-order valence-electron chi connectivity index (χ0n) is 3.41. The molecule has 0 fully saturated rings. The molecule has 0 bridgehead atoms. The predicted octanol–water partition coefficient (Wildman–Crippen LogP) is -0.0780. The average molecular weight is 98.2 g/mol. The van der Waals surface area contributed by atoms with Crippen LogP contribution < -0.4 is 5.73 Å². The third kappa shape index (κ3) is 5.22. The van der Waals surface area contributed by atoms with Crippen LogP contribution in [0.1, 0.15) is 6.42 Å². The van der Waals surface area contributed by atoms with Gasteiger partial charge in [0, 0.05) is 0 Å². The topological polar surface area (TPSA) is 26.0 Å². The van der Waals surface area contributed by atoms with Crippen LogP contribution in [0.5, 0.6) is 0 Å². The standard InChI is InChI=1S/C3H8N.Ca/c1-2-3-4;/h1-4H2;. The molecule has 0 amide bonds. The number of rotatable bonds is 2. The van der Waals surface area contributed by atoms with Gasteiger partial charge in [0.05, 0.1) is 0 Å². The molecule has 0 aliphatic rings. The summed E-state index contributed by atoms with van der Waals surface area (Å²) < 4.78 is 1.34. The van der Waals surface area contributed by atoms with E-state index in [4.69, 9.17) is 5.73 Å². The van der Waals surface area contributed by atoms with Crippen LogP contribution in [0.15, 0.2) is 0 Å². The Morgan fingerprint density at radius 1 is 1.60 bits per heavy atom. The van der Waals surface area contributed by atoms with Crippen molar-refractivity contribution < 1.29 is 0 Å². The summed E-state index contributed by atoms with van der Waals surface area (Å²) in [5.41, 5.74) is 5.16. The van der Waals surface area contributed by atoms with Gasteiger partial charge in [-0.25, -0.2) is 0 Å². The zero-order chi connectivity index (χ0) is 4.12. The van der Waals surface area contributed by atoms with Crippen molar-refractivity contribution in [2.24, 2.45) is 5.73 Å². The van der Waals surface area contributed by atoms with E-state index in [1.165, 1.54) is 44.7 Å². The van der Waals surface area contributed by atoms with Crippen LogP contribution in [-0.4, -0.2) is 42.3 Å². The van der Waals surface area contributed by atoms with Crippen LogP contribution in [0.3, 0.4) is 0 Å². The van der Waals surface area contributed by atoms with Crippen molar-refractivity contribution in [2.75, 3.05) is 6.54 Å². The zero-order valence-corrected chi connectivity index (χ0v) is 5.61. The van der Waals surface area contributed by atoms with Crippen LogP contribution in [0.25, 0.3) is 0 Å². The summed E-state index contributed by atoms with van der Waals surface area (Å²) >= 11 is 1.40. The summed E-state index contributed by atoms with van der Waals surface area (Å²) in [6.07, 6.45) is 1.22. The molecule has 27 valence electrons. The van der Waals surface area contributed by atoms with Gasteiger partial charge in [0.2, 0.25) is 0 Å². The molecular weight excluding hydrogens is 90.1 g/mol. The molecule has 0 aromatic heterocycles. The van der Waals surface area contributed by atoms with Gasteiger partial charge < -0.3 is 0 Å². The van der Waals surface area contributed by atoms with Gasteiger partial charge in [-0.2, -0.15) is 0 Å². The Labute approximate surface area is 56.6 Å². The van der Waals surface area contributed by atoms with E-state index < -0.39 is 0 Å². The average Bonchev–Trinajstić information content (AvgIpc) is 1.41. The third-order valence-corrected chi connectivity index (χ3v) is 1.23. The van der Waals surface area contributed by atoms with Crippen molar-refractivity contribution in [1.82, 2.24) is 0 Å². The van der Waals surface area contributed by atoms with Gasteiger partial charge in [0.1, 0.15) is 0 Å². The normalized spacial score (nSPS) is 8.00. The predicted molar refractivity (Wildman–Crippen MR) is 24.2 cm³/mol. The first kappa shape index (κ1) is 6.22. The van der Waals surface area contributed by atoms with Crippen molar-refractivity contribution in [2.45, 2.75) is 8.94 Å². The molecular formula is C3H8CaN. The molecule has 0 saturated carbocycles. The van der Waals surface area contributed by atoms with Crippen LogP contribution in [0.4, 0.5) is 0 Å². The van der Waals surface area contributed by atoms with E-state index in [-0.39, 0.29) is 0 Å². The number of hydrogen-bond donors (Lipinski definition) is 1. The second-order valence-electron chi connectivity index (χ2n) is 0.996. The van der Waals surface area contributed by atoms with E-state index in [1.807, 2.05) is 0 Å². The van der Waals surface area contributed by atoms with E-state index in [0.717, 1.165) is 6.54 Å². The van der Waals surface area contributed by atoms with Gasteiger partial charge in [-0.05, 0) is 0 Å². The molecule has 1 nitrogen and oxygen atoms in total. The molecule has 0 spiro atoms. The Morgan fingerprint density at radius 2 is 2.20 bits per heavy atom. The van der Waals surface area contributed by atoms with E-state index in [0.29, 0.717) is 0 Å². The number of hydrogen-bond acceptors (Lipinski definition) is 1. The van der Waals surface area contributed by atoms with Gasteiger partial charge in [-0.1, -0.05) is 0 Å². The van der Waals surface area contributed by atoms with Crippen molar-refractivity contribution >= 4 is 35.8 Å². The summed E-state index contributed by atoms with van der Waals surface area (Å²) in [4.78, 5) is 0. The summed E-state index contributed by atoms with van der Waals surface area (Å²) in [6.45, 7) is 0.875. The van der Waals surface area contributed by atoms with Crippen LogP contribution in [0, 0.1) is 0 Å². The minimum atomic E-state index is 0.875. The Balaban J connectivity index is 2.19. The maximum atomic E-state index is 5.16. The van der Waals surface area contributed by atoms with E-state index in [2.05, 4.69) is 0 Å². The Bertz CT molecular complexity index is 14.4. The summed E-state index contributed by atoms with van der Waals surface area (Å²) in [5.74, 6) is 0. The van der Waals surface area contributed by atoms with Gasteiger partial charge in [0.25, 0.3) is 0 Å².